The van der Waals surface area contributed by atoms with Gasteiger partial charge in [-0.1, -0.05) is 52.2 Å². The summed E-state index contributed by atoms with van der Waals surface area (Å²) in [7, 11) is 0. The average molecular weight is 643 g/mol. The number of hydrogen-bond acceptors (Lipinski definition) is 10. The van der Waals surface area contributed by atoms with Crippen LogP contribution in [0.3, 0.4) is 0 Å². The number of Topliss-reactive ketones (excluding diaryl/α,β-unsaturated/α-hetero) is 2. The van der Waals surface area contributed by atoms with Crippen molar-refractivity contribution in [3.8, 4) is 5.75 Å². The van der Waals surface area contributed by atoms with E-state index in [0.29, 0.717) is 23.4 Å². The van der Waals surface area contributed by atoms with Crippen molar-refractivity contribution < 1.29 is 34.8 Å². The van der Waals surface area contributed by atoms with Gasteiger partial charge in [0.25, 0.3) is 5.91 Å². The molecule has 47 heavy (non-hydrogen) atoms. The molecule has 1 aromatic rings. The molecule has 0 saturated heterocycles. The van der Waals surface area contributed by atoms with Gasteiger partial charge in [0.15, 0.2) is 11.4 Å². The highest BCUT2D eigenvalue weighted by Gasteiger charge is 2.64. The van der Waals surface area contributed by atoms with Gasteiger partial charge in [-0.2, -0.15) is 0 Å². The predicted molar refractivity (Wildman–Crippen MR) is 178 cm³/mol. The van der Waals surface area contributed by atoms with Crippen LogP contribution in [0, 0.1) is 11.8 Å². The molecule has 0 heterocycles. The number of ketones is 2. The number of primary amides is 1. The minimum atomic E-state index is -2.79. The summed E-state index contributed by atoms with van der Waals surface area (Å²) in [6.45, 7) is 19.7. The second-order valence-corrected chi connectivity index (χ2v) is 12.5. The number of nitrogens with two attached hydrogens (primary N) is 1. The third kappa shape index (κ3) is 5.05. The van der Waals surface area contributed by atoms with Crippen molar-refractivity contribution in [2.45, 2.75) is 69.2 Å². The molecular weight excluding hydrogens is 600 g/mol. The van der Waals surface area contributed by atoms with Crippen LogP contribution in [0.1, 0.15) is 55.2 Å². The molecule has 4 aliphatic carbocycles. The normalized spacial score (nSPS) is 25.6. The van der Waals surface area contributed by atoms with E-state index in [0.717, 1.165) is 25.7 Å². The van der Waals surface area contributed by atoms with Gasteiger partial charge in [0, 0.05) is 36.5 Å². The zero-order valence-electron chi connectivity index (χ0n) is 26.4. The molecular formula is C36H42N4O7. The summed E-state index contributed by atoms with van der Waals surface area (Å²) in [6, 6.07) is 0.432. The van der Waals surface area contributed by atoms with E-state index in [-0.39, 0.29) is 35.8 Å². The molecule has 1 amide bonds. The molecule has 11 nitrogen and oxygen atoms in total. The molecule has 2 saturated carbocycles. The number of aliphatic hydroxyl groups excluding tert-OH is 2. The van der Waals surface area contributed by atoms with Gasteiger partial charge in [0.05, 0.1) is 11.3 Å². The number of carbonyl (C=O) groups is 3. The maximum Gasteiger partial charge on any atom is 0.255 e. The summed E-state index contributed by atoms with van der Waals surface area (Å²) in [4.78, 5) is 45.4. The quantitative estimate of drug-likeness (QED) is 0.219. The second kappa shape index (κ2) is 12.6. The maximum absolute atomic E-state index is 14.3. The zero-order chi connectivity index (χ0) is 34.4. The van der Waals surface area contributed by atoms with Gasteiger partial charge in [-0.3, -0.25) is 14.4 Å². The monoisotopic (exact) mass is 642 g/mol. The highest BCUT2D eigenvalue weighted by Crippen LogP contribution is 2.54. The van der Waals surface area contributed by atoms with Crippen molar-refractivity contribution in [1.82, 2.24) is 9.80 Å². The lowest BCUT2D eigenvalue weighted by Crippen LogP contribution is -2.65. The molecule has 11 heteroatoms. The van der Waals surface area contributed by atoms with E-state index in [1.54, 1.807) is 23.5 Å². The largest absolute Gasteiger partial charge is 0.508 e. The lowest BCUT2D eigenvalue weighted by molar-refractivity contribution is -0.152. The Balaban J connectivity index is 1.72. The lowest BCUT2D eigenvalue weighted by Gasteiger charge is -2.50. The van der Waals surface area contributed by atoms with Gasteiger partial charge in [0.1, 0.15) is 28.9 Å². The number of phenols is 1. The number of carbonyl (C=O) groups excluding carboxylic acids is 3. The van der Waals surface area contributed by atoms with Crippen LogP contribution in [0.4, 0.5) is 5.69 Å². The number of hydrogen-bond donors (Lipinski definition) is 5. The van der Waals surface area contributed by atoms with Crippen molar-refractivity contribution in [1.29, 1.82) is 0 Å². The molecule has 0 spiro atoms. The molecule has 248 valence electrons. The number of rotatable bonds is 11. The van der Waals surface area contributed by atoms with Crippen molar-refractivity contribution in [2.24, 2.45) is 17.6 Å². The van der Waals surface area contributed by atoms with Crippen LogP contribution in [-0.2, 0) is 27.3 Å². The van der Waals surface area contributed by atoms with Crippen LogP contribution in [0.2, 0.25) is 0 Å². The van der Waals surface area contributed by atoms with Gasteiger partial charge < -0.3 is 40.9 Å². The first-order valence-corrected chi connectivity index (χ1v) is 15.7. The van der Waals surface area contributed by atoms with Gasteiger partial charge >= 0.3 is 0 Å². The molecule has 4 aliphatic rings. The van der Waals surface area contributed by atoms with Crippen molar-refractivity contribution >= 4 is 28.9 Å². The lowest BCUT2D eigenvalue weighted by atomic mass is 9.57. The van der Waals surface area contributed by atoms with Gasteiger partial charge in [-0.05, 0) is 67.4 Å². The Labute approximate surface area is 274 Å². The fourth-order valence-electron chi connectivity index (χ4n) is 8.07. The summed E-state index contributed by atoms with van der Waals surface area (Å²) in [5, 5.41) is 46.3. The Bertz CT molecular complexity index is 1640. The van der Waals surface area contributed by atoms with Gasteiger partial charge in [-0.15, -0.1) is 0 Å². The molecule has 0 bridgehead atoms. The first-order valence-electron chi connectivity index (χ1n) is 15.7. The Morgan fingerprint density at radius 3 is 2.17 bits per heavy atom. The predicted octanol–water partition coefficient (Wildman–Crippen LogP) is 4.36. The molecule has 4 atom stereocenters. The molecule has 0 unspecified atom stereocenters. The van der Waals surface area contributed by atoms with Crippen LogP contribution in [0.25, 0.3) is 5.76 Å². The third-order valence-electron chi connectivity index (χ3n) is 10.2. The van der Waals surface area contributed by atoms with E-state index >= 15 is 0 Å². The van der Waals surface area contributed by atoms with E-state index in [4.69, 9.17) is 5.73 Å². The number of anilines is 1. The number of nitrogens with zero attached hydrogens (tertiary/aromatic N) is 3. The summed E-state index contributed by atoms with van der Waals surface area (Å²) in [5.74, 6) is -7.43. The SMILES string of the molecule is C=CN(C=C)c1c(CN(C=C)C2CCCCC2)cc(O)c2c1C[C@H]1C[C@H]3[C@H](N(C=C)C=C)C(=O)C(C(N)=O)=C(O)[C@@]3(O)C(=O)C1=C2O. The zero-order valence-corrected chi connectivity index (χ0v) is 26.4. The van der Waals surface area contributed by atoms with E-state index in [1.165, 1.54) is 29.8 Å². The minimum absolute atomic E-state index is 0.0113. The van der Waals surface area contributed by atoms with Crippen molar-refractivity contribution in [2.75, 3.05) is 4.90 Å². The van der Waals surface area contributed by atoms with Crippen LogP contribution in [-0.4, -0.2) is 65.4 Å². The number of aromatic hydroxyl groups is 1. The van der Waals surface area contributed by atoms with Crippen LogP contribution in [0.15, 0.2) is 86.9 Å². The first-order chi connectivity index (χ1) is 22.4. The number of benzene rings is 1. The molecule has 0 aliphatic heterocycles. The number of fused-ring (bicyclic) bond motifs is 3. The van der Waals surface area contributed by atoms with Gasteiger partial charge in [-0.25, -0.2) is 0 Å². The summed E-state index contributed by atoms with van der Waals surface area (Å²) in [6.07, 6.45) is 12.9. The van der Waals surface area contributed by atoms with Crippen LogP contribution in [0.5, 0.6) is 5.75 Å². The standard InChI is InChI=1S/C36H42N4O7/c1-6-38(7-2)29-21(19-40(10-5)22-14-12-11-13-15-22)18-25(41)27-23(29)16-20-17-24-30(39(8-3)9-4)32(43)28(35(37)46)34(45)36(24,47)33(44)26(20)31(27)42/h6-10,18,20,22,24,30,41-42,45,47H,1-5,11-17,19H2,(H2,37,46)/t20-,24-,30-,36-/m0/s1. The Kier molecular flexibility index (Phi) is 8.96. The smallest absolute Gasteiger partial charge is 0.255 e. The highest BCUT2D eigenvalue weighted by molar-refractivity contribution is 6.24. The summed E-state index contributed by atoms with van der Waals surface area (Å²) >= 11 is 0. The second-order valence-electron chi connectivity index (χ2n) is 12.5. The molecule has 1 aromatic carbocycles. The maximum atomic E-state index is 14.3. The summed E-state index contributed by atoms with van der Waals surface area (Å²) < 4.78 is 0. The molecule has 0 aromatic heterocycles. The molecule has 2 fully saturated rings. The van der Waals surface area contributed by atoms with Crippen LogP contribution < -0.4 is 10.6 Å². The molecule has 5 rings (SSSR count). The molecule has 6 N–H and O–H groups in total. The van der Waals surface area contributed by atoms with E-state index in [2.05, 4.69) is 37.8 Å². The fourth-order valence-corrected chi connectivity index (χ4v) is 8.07. The Morgan fingerprint density at radius 2 is 1.62 bits per heavy atom. The van der Waals surface area contributed by atoms with E-state index in [1.807, 2.05) is 0 Å². The number of phenolic OH excluding ortho intramolecular Hbond substituents is 1. The Morgan fingerprint density at radius 1 is 0.979 bits per heavy atom. The highest BCUT2D eigenvalue weighted by atomic mass is 16.3. The third-order valence-corrected chi connectivity index (χ3v) is 10.2. The first kappa shape index (κ1) is 33.3. The number of aliphatic hydroxyl groups is 3. The molecule has 0 radical (unpaired) electrons. The van der Waals surface area contributed by atoms with E-state index < -0.39 is 58.0 Å². The summed E-state index contributed by atoms with van der Waals surface area (Å²) in [5.41, 5.74) is 3.32. The topological polar surface area (TPSA) is 168 Å². The van der Waals surface area contributed by atoms with E-state index in [9.17, 15) is 34.8 Å². The fraction of sp³-hybridized carbons (Fsp3) is 0.361. The minimum Gasteiger partial charge on any atom is -0.508 e. The van der Waals surface area contributed by atoms with Gasteiger partial charge in [0.2, 0.25) is 5.78 Å². The van der Waals surface area contributed by atoms with Crippen LogP contribution >= 0.6 is 0 Å². The van der Waals surface area contributed by atoms with Crippen molar-refractivity contribution in [3.63, 3.8) is 0 Å². The number of amides is 1. The average Bonchev–Trinajstić information content (AvgIpc) is 3.05. The van der Waals surface area contributed by atoms with Crippen molar-refractivity contribution in [3.05, 3.63) is 104 Å². The Hall–Kier alpha value is -5.03.